The average Bonchev–Trinajstić information content (AvgIpc) is 3.02. The van der Waals surface area contributed by atoms with E-state index in [4.69, 9.17) is 4.74 Å². The van der Waals surface area contributed by atoms with Gasteiger partial charge in [-0.15, -0.1) is 0 Å². The Bertz CT molecular complexity index is 641. The van der Waals surface area contributed by atoms with Crippen molar-refractivity contribution in [2.24, 2.45) is 0 Å². The summed E-state index contributed by atoms with van der Waals surface area (Å²) in [5.41, 5.74) is 1.01. The first-order valence-electron chi connectivity index (χ1n) is 7.69. The van der Waals surface area contributed by atoms with Crippen molar-refractivity contribution in [2.45, 2.75) is 12.8 Å². The molecule has 1 aromatic heterocycles. The van der Waals surface area contributed by atoms with Gasteiger partial charge in [-0.3, -0.25) is 4.79 Å². The van der Waals surface area contributed by atoms with Gasteiger partial charge in [-0.05, 0) is 12.5 Å². The topological polar surface area (TPSA) is 67.4 Å². The second-order valence-corrected chi connectivity index (χ2v) is 6.18. The molecule has 1 saturated heterocycles. The molecule has 0 unspecified atom stereocenters. The molecular formula is C16H20N4O2S. The third-order valence-electron chi connectivity index (χ3n) is 3.81. The Balaban J connectivity index is 1.74. The third-order valence-corrected chi connectivity index (χ3v) is 4.57. The van der Waals surface area contributed by atoms with E-state index < -0.39 is 0 Å². The molecule has 0 saturated carbocycles. The van der Waals surface area contributed by atoms with Crippen LogP contribution >= 0.6 is 11.5 Å². The van der Waals surface area contributed by atoms with Gasteiger partial charge >= 0.3 is 0 Å². The van der Waals surface area contributed by atoms with Gasteiger partial charge in [0, 0.05) is 31.2 Å². The van der Waals surface area contributed by atoms with Gasteiger partial charge in [0.2, 0.25) is 11.0 Å². The van der Waals surface area contributed by atoms with E-state index in [9.17, 15) is 4.79 Å². The van der Waals surface area contributed by atoms with Crippen molar-refractivity contribution in [3.8, 4) is 0 Å². The first kappa shape index (κ1) is 15.9. The van der Waals surface area contributed by atoms with Crippen LogP contribution in [0.3, 0.4) is 0 Å². The van der Waals surface area contributed by atoms with Crippen molar-refractivity contribution in [3.05, 3.63) is 41.7 Å². The van der Waals surface area contributed by atoms with Crippen molar-refractivity contribution in [2.75, 3.05) is 38.2 Å². The first-order chi connectivity index (χ1) is 11.2. The summed E-state index contributed by atoms with van der Waals surface area (Å²) in [7, 11) is 0. The van der Waals surface area contributed by atoms with Crippen molar-refractivity contribution in [3.63, 3.8) is 0 Å². The minimum absolute atomic E-state index is 0.133. The lowest BCUT2D eigenvalue weighted by Crippen LogP contribution is -2.44. The molecule has 2 aromatic rings. The number of morpholine rings is 1. The monoisotopic (exact) mass is 332 g/mol. The number of benzene rings is 1. The zero-order chi connectivity index (χ0) is 16.1. The van der Waals surface area contributed by atoms with E-state index in [1.807, 2.05) is 42.2 Å². The van der Waals surface area contributed by atoms with Crippen molar-refractivity contribution in [1.82, 2.24) is 14.3 Å². The van der Waals surface area contributed by atoms with E-state index in [0.29, 0.717) is 32.8 Å². The maximum Gasteiger partial charge on any atom is 0.232 e. The number of amides is 1. The Kier molecular flexibility index (Phi) is 5.19. The van der Waals surface area contributed by atoms with Gasteiger partial charge in [0.25, 0.3) is 0 Å². The highest BCUT2D eigenvalue weighted by Crippen LogP contribution is 2.21. The molecule has 0 spiro atoms. The number of nitrogens with zero attached hydrogens (tertiary/aromatic N) is 3. The lowest BCUT2D eigenvalue weighted by atomic mass is 9.97. The van der Waals surface area contributed by atoms with Crippen LogP contribution < -0.4 is 5.32 Å². The number of carbonyl (C=O) groups is 1. The Hall–Kier alpha value is -1.99. The molecule has 0 radical (unpaired) electrons. The first-order valence-corrected chi connectivity index (χ1v) is 8.47. The van der Waals surface area contributed by atoms with E-state index in [1.54, 1.807) is 0 Å². The second kappa shape index (κ2) is 7.52. The number of rotatable bonds is 5. The quantitative estimate of drug-likeness (QED) is 0.906. The maximum absolute atomic E-state index is 12.9. The van der Waals surface area contributed by atoms with Crippen molar-refractivity contribution in [1.29, 1.82) is 0 Å². The smallest absolute Gasteiger partial charge is 0.232 e. The number of aryl methyl sites for hydroxylation is 1. The van der Waals surface area contributed by atoms with E-state index in [2.05, 4.69) is 14.7 Å². The molecule has 1 atom stereocenters. The number of ether oxygens (including phenoxy) is 1. The third kappa shape index (κ3) is 4.05. The molecule has 2 heterocycles. The summed E-state index contributed by atoms with van der Waals surface area (Å²) >= 11 is 1.32. The summed E-state index contributed by atoms with van der Waals surface area (Å²) in [6.07, 6.45) is 0. The van der Waals surface area contributed by atoms with Crippen LogP contribution in [-0.4, -0.2) is 53.0 Å². The van der Waals surface area contributed by atoms with Gasteiger partial charge in [0.15, 0.2) is 0 Å². The largest absolute Gasteiger partial charge is 0.378 e. The molecule has 1 aliphatic heterocycles. The van der Waals surface area contributed by atoms with E-state index >= 15 is 0 Å². The van der Waals surface area contributed by atoms with Crippen LogP contribution in [0.25, 0.3) is 0 Å². The number of carbonyl (C=O) groups excluding carboxylic acids is 1. The van der Waals surface area contributed by atoms with Gasteiger partial charge in [-0.1, -0.05) is 30.3 Å². The van der Waals surface area contributed by atoms with Gasteiger partial charge in [-0.2, -0.15) is 4.37 Å². The number of anilines is 1. The minimum Gasteiger partial charge on any atom is -0.378 e. The van der Waals surface area contributed by atoms with E-state index in [0.717, 1.165) is 16.5 Å². The molecule has 0 aliphatic carbocycles. The van der Waals surface area contributed by atoms with Crippen LogP contribution in [0.2, 0.25) is 0 Å². The molecular weight excluding hydrogens is 312 g/mol. The molecule has 1 amide bonds. The van der Waals surface area contributed by atoms with E-state index in [1.165, 1.54) is 11.5 Å². The second-order valence-electron chi connectivity index (χ2n) is 5.43. The highest BCUT2D eigenvalue weighted by atomic mass is 32.1. The summed E-state index contributed by atoms with van der Waals surface area (Å²) in [5.74, 6) is 0.639. The van der Waals surface area contributed by atoms with Crippen LogP contribution in [0.15, 0.2) is 30.3 Å². The van der Waals surface area contributed by atoms with Gasteiger partial charge in [-0.25, -0.2) is 4.98 Å². The number of hydrogen-bond donors (Lipinski definition) is 1. The Labute approximate surface area is 139 Å². The normalized spacial score (nSPS) is 16.1. The highest BCUT2D eigenvalue weighted by Gasteiger charge is 2.27. The summed E-state index contributed by atoms with van der Waals surface area (Å²) in [4.78, 5) is 19.1. The Morgan fingerprint density at radius 3 is 2.74 bits per heavy atom. The minimum atomic E-state index is -0.237. The molecule has 1 N–H and O–H groups in total. The highest BCUT2D eigenvalue weighted by molar-refractivity contribution is 7.09. The lowest BCUT2D eigenvalue weighted by molar-refractivity contribution is -0.136. The van der Waals surface area contributed by atoms with E-state index in [-0.39, 0.29) is 11.8 Å². The SMILES string of the molecule is Cc1nsc(NC[C@@H](C(=O)N2CCOCC2)c2ccccc2)n1. The summed E-state index contributed by atoms with van der Waals surface area (Å²) in [5, 5.41) is 4.00. The fraction of sp³-hybridized carbons (Fsp3) is 0.438. The molecule has 23 heavy (non-hydrogen) atoms. The predicted molar refractivity (Wildman–Crippen MR) is 89.7 cm³/mol. The van der Waals surface area contributed by atoms with Crippen molar-refractivity contribution >= 4 is 22.6 Å². The van der Waals surface area contributed by atoms with Crippen LogP contribution in [0.4, 0.5) is 5.13 Å². The van der Waals surface area contributed by atoms with Gasteiger partial charge < -0.3 is 15.0 Å². The number of nitrogens with one attached hydrogen (secondary N) is 1. The van der Waals surface area contributed by atoms with Crippen molar-refractivity contribution < 1.29 is 9.53 Å². The molecule has 7 heteroatoms. The molecule has 1 aliphatic rings. The standard InChI is InChI=1S/C16H20N4O2S/c1-12-18-16(23-19-12)17-11-14(13-5-3-2-4-6-13)15(21)20-7-9-22-10-8-20/h2-6,14H,7-11H2,1H3,(H,17,18,19)/t14-/m1/s1. The Morgan fingerprint density at radius 2 is 2.09 bits per heavy atom. The fourth-order valence-electron chi connectivity index (χ4n) is 2.60. The number of hydrogen-bond acceptors (Lipinski definition) is 6. The van der Waals surface area contributed by atoms with Crippen LogP contribution in [0.5, 0.6) is 0 Å². The van der Waals surface area contributed by atoms with Crippen LogP contribution in [0.1, 0.15) is 17.3 Å². The van der Waals surface area contributed by atoms with Crippen LogP contribution in [-0.2, 0) is 9.53 Å². The molecule has 6 nitrogen and oxygen atoms in total. The molecule has 1 aromatic carbocycles. The zero-order valence-electron chi connectivity index (χ0n) is 13.1. The summed E-state index contributed by atoms with van der Waals surface area (Å²) < 4.78 is 9.50. The predicted octanol–water partition coefficient (Wildman–Crippen LogP) is 1.90. The summed E-state index contributed by atoms with van der Waals surface area (Å²) in [6, 6.07) is 9.88. The Morgan fingerprint density at radius 1 is 1.35 bits per heavy atom. The average molecular weight is 332 g/mol. The maximum atomic E-state index is 12.9. The summed E-state index contributed by atoms with van der Waals surface area (Å²) in [6.45, 7) is 4.89. The zero-order valence-corrected chi connectivity index (χ0v) is 13.9. The van der Waals surface area contributed by atoms with Gasteiger partial charge in [0.05, 0.1) is 19.1 Å². The molecule has 1 fully saturated rings. The van der Waals surface area contributed by atoms with Crippen LogP contribution in [0, 0.1) is 6.92 Å². The molecule has 3 rings (SSSR count). The molecule has 122 valence electrons. The number of aromatic nitrogens is 2. The molecule has 0 bridgehead atoms. The van der Waals surface area contributed by atoms with Gasteiger partial charge in [0.1, 0.15) is 5.82 Å². The fourth-order valence-corrected chi connectivity index (χ4v) is 3.18. The lowest BCUT2D eigenvalue weighted by Gasteiger charge is -2.30.